The fourth-order valence-corrected chi connectivity index (χ4v) is 2.00. The molecule has 0 radical (unpaired) electrons. The highest BCUT2D eigenvalue weighted by Crippen LogP contribution is 2.07. The summed E-state index contributed by atoms with van der Waals surface area (Å²) in [5.74, 6) is 1.28. The lowest BCUT2D eigenvalue weighted by atomic mass is 10.2. The number of aromatic amines is 1. The number of carbonyl (C=O) groups excluding carboxylic acids is 1. The van der Waals surface area contributed by atoms with Crippen molar-refractivity contribution in [3.8, 4) is 0 Å². The molecular weight excluding hydrogens is 256 g/mol. The summed E-state index contributed by atoms with van der Waals surface area (Å²) in [7, 11) is 0. The van der Waals surface area contributed by atoms with Crippen LogP contribution in [-0.2, 0) is 11.2 Å². The van der Waals surface area contributed by atoms with E-state index in [1.165, 1.54) is 0 Å². The quantitative estimate of drug-likeness (QED) is 0.733. The Balaban J connectivity index is 1.53. The van der Waals surface area contributed by atoms with Crippen LogP contribution in [0.15, 0.2) is 36.8 Å². The summed E-state index contributed by atoms with van der Waals surface area (Å²) in [5, 5.41) is 10.9. The third-order valence-corrected chi connectivity index (χ3v) is 2.94. The topological polar surface area (TPSA) is 88.0 Å². The van der Waals surface area contributed by atoms with E-state index in [1.807, 2.05) is 28.8 Å². The SMILES string of the molecule is O=C(CCCc1nnc2ccccn12)Nc1ncc[nH]1. The van der Waals surface area contributed by atoms with E-state index in [-0.39, 0.29) is 5.91 Å². The maximum Gasteiger partial charge on any atom is 0.226 e. The van der Waals surface area contributed by atoms with Gasteiger partial charge >= 0.3 is 0 Å². The number of aryl methyl sites for hydroxylation is 1. The van der Waals surface area contributed by atoms with Gasteiger partial charge in [0.2, 0.25) is 11.9 Å². The van der Waals surface area contributed by atoms with Crippen molar-refractivity contribution in [2.24, 2.45) is 0 Å². The average molecular weight is 270 g/mol. The number of rotatable bonds is 5. The fraction of sp³-hybridized carbons (Fsp3) is 0.231. The van der Waals surface area contributed by atoms with Gasteiger partial charge in [-0.25, -0.2) is 4.98 Å². The average Bonchev–Trinajstić information content (AvgIpc) is 3.09. The van der Waals surface area contributed by atoms with E-state index in [2.05, 4.69) is 25.5 Å². The molecule has 0 bridgehead atoms. The number of imidazole rings is 1. The Bertz CT molecular complexity index is 703. The molecule has 0 saturated carbocycles. The minimum atomic E-state index is -0.0613. The highest BCUT2D eigenvalue weighted by Gasteiger charge is 2.07. The van der Waals surface area contributed by atoms with Crippen LogP contribution >= 0.6 is 0 Å². The molecule has 0 aromatic carbocycles. The summed E-state index contributed by atoms with van der Waals surface area (Å²) >= 11 is 0. The normalized spacial score (nSPS) is 10.8. The molecule has 1 amide bonds. The van der Waals surface area contributed by atoms with Gasteiger partial charge in [0.05, 0.1) is 0 Å². The molecule has 0 saturated heterocycles. The van der Waals surface area contributed by atoms with E-state index in [1.54, 1.807) is 12.4 Å². The maximum absolute atomic E-state index is 11.7. The molecule has 102 valence electrons. The number of nitrogens with zero attached hydrogens (tertiary/aromatic N) is 4. The van der Waals surface area contributed by atoms with Crippen molar-refractivity contribution in [3.63, 3.8) is 0 Å². The second kappa shape index (κ2) is 5.52. The third-order valence-electron chi connectivity index (χ3n) is 2.94. The van der Waals surface area contributed by atoms with Gasteiger partial charge in [-0.2, -0.15) is 0 Å². The van der Waals surface area contributed by atoms with Gasteiger partial charge in [0.15, 0.2) is 5.65 Å². The number of hydrogen-bond donors (Lipinski definition) is 2. The number of amides is 1. The highest BCUT2D eigenvalue weighted by atomic mass is 16.1. The molecule has 3 aromatic rings. The second-order valence-corrected chi connectivity index (χ2v) is 4.38. The molecule has 0 fully saturated rings. The van der Waals surface area contributed by atoms with E-state index in [9.17, 15) is 4.79 Å². The first-order chi connectivity index (χ1) is 9.83. The number of nitrogens with one attached hydrogen (secondary N) is 2. The lowest BCUT2D eigenvalue weighted by Crippen LogP contribution is -2.12. The Kier molecular flexibility index (Phi) is 3.40. The van der Waals surface area contributed by atoms with Crippen LogP contribution in [0, 0.1) is 0 Å². The van der Waals surface area contributed by atoms with Gasteiger partial charge < -0.3 is 4.98 Å². The van der Waals surface area contributed by atoms with E-state index in [4.69, 9.17) is 0 Å². The number of aromatic nitrogens is 5. The van der Waals surface area contributed by atoms with Crippen LogP contribution < -0.4 is 5.32 Å². The monoisotopic (exact) mass is 270 g/mol. The van der Waals surface area contributed by atoms with E-state index < -0.39 is 0 Å². The standard InChI is InChI=1S/C13H14N6O/c20-12(16-13-14-7-8-15-13)6-3-5-11-18-17-10-4-1-2-9-19(10)11/h1-2,4,7-9H,3,5-6H2,(H2,14,15,16,20). The summed E-state index contributed by atoms with van der Waals surface area (Å²) in [6.45, 7) is 0. The van der Waals surface area contributed by atoms with Gasteiger partial charge in [-0.3, -0.25) is 14.5 Å². The molecule has 20 heavy (non-hydrogen) atoms. The molecule has 0 aliphatic carbocycles. The number of anilines is 1. The smallest absolute Gasteiger partial charge is 0.226 e. The van der Waals surface area contributed by atoms with Crippen LogP contribution in [0.25, 0.3) is 5.65 Å². The number of fused-ring (bicyclic) bond motifs is 1. The number of carbonyl (C=O) groups is 1. The molecular formula is C13H14N6O. The molecule has 3 heterocycles. The summed E-state index contributed by atoms with van der Waals surface area (Å²) in [5.41, 5.74) is 0.822. The Morgan fingerprint density at radius 1 is 1.35 bits per heavy atom. The lowest BCUT2D eigenvalue weighted by Gasteiger charge is -2.01. The Morgan fingerprint density at radius 2 is 2.30 bits per heavy atom. The summed E-state index contributed by atoms with van der Waals surface area (Å²) in [6.07, 6.45) is 7.02. The maximum atomic E-state index is 11.7. The van der Waals surface area contributed by atoms with Crippen LogP contribution in [0.5, 0.6) is 0 Å². The molecule has 0 unspecified atom stereocenters. The number of pyridine rings is 1. The molecule has 0 spiro atoms. The van der Waals surface area contributed by atoms with Crippen molar-refractivity contribution in [2.45, 2.75) is 19.3 Å². The number of hydrogen-bond acceptors (Lipinski definition) is 4. The van der Waals surface area contributed by atoms with Crippen molar-refractivity contribution >= 4 is 17.5 Å². The molecule has 0 aliphatic heterocycles. The van der Waals surface area contributed by atoms with Crippen LogP contribution in [0.2, 0.25) is 0 Å². The zero-order valence-electron chi connectivity index (χ0n) is 10.8. The minimum Gasteiger partial charge on any atom is -0.331 e. The van der Waals surface area contributed by atoms with Gasteiger partial charge in [0, 0.05) is 31.4 Å². The first-order valence-corrected chi connectivity index (χ1v) is 6.41. The van der Waals surface area contributed by atoms with Crippen molar-refractivity contribution in [3.05, 3.63) is 42.6 Å². The Labute approximate surface area is 115 Å². The first kappa shape index (κ1) is 12.3. The van der Waals surface area contributed by atoms with Gasteiger partial charge in [-0.1, -0.05) is 6.07 Å². The van der Waals surface area contributed by atoms with Crippen LogP contribution in [0.4, 0.5) is 5.95 Å². The summed E-state index contributed by atoms with van der Waals surface area (Å²) in [6, 6.07) is 5.76. The Hall–Kier alpha value is -2.70. The van der Waals surface area contributed by atoms with Crippen molar-refractivity contribution in [1.82, 2.24) is 24.6 Å². The zero-order valence-corrected chi connectivity index (χ0v) is 10.8. The van der Waals surface area contributed by atoms with E-state index >= 15 is 0 Å². The summed E-state index contributed by atoms with van der Waals surface area (Å²) < 4.78 is 1.93. The van der Waals surface area contributed by atoms with Gasteiger partial charge in [-0.15, -0.1) is 10.2 Å². The van der Waals surface area contributed by atoms with Crippen molar-refractivity contribution in [2.75, 3.05) is 5.32 Å². The highest BCUT2D eigenvalue weighted by molar-refractivity contribution is 5.88. The Morgan fingerprint density at radius 3 is 3.15 bits per heavy atom. The van der Waals surface area contributed by atoms with Gasteiger partial charge in [0.1, 0.15) is 5.82 Å². The molecule has 7 heteroatoms. The minimum absolute atomic E-state index is 0.0613. The second-order valence-electron chi connectivity index (χ2n) is 4.38. The third kappa shape index (κ3) is 2.66. The van der Waals surface area contributed by atoms with E-state index in [0.29, 0.717) is 25.2 Å². The van der Waals surface area contributed by atoms with Crippen molar-refractivity contribution < 1.29 is 4.79 Å². The predicted molar refractivity (Wildman–Crippen MR) is 73.1 cm³/mol. The molecule has 2 N–H and O–H groups in total. The molecule has 0 aliphatic rings. The fourth-order valence-electron chi connectivity index (χ4n) is 2.00. The van der Waals surface area contributed by atoms with Crippen LogP contribution in [0.1, 0.15) is 18.7 Å². The zero-order chi connectivity index (χ0) is 13.8. The largest absolute Gasteiger partial charge is 0.331 e. The van der Waals surface area contributed by atoms with Crippen LogP contribution in [-0.4, -0.2) is 30.5 Å². The number of H-pyrrole nitrogens is 1. The summed E-state index contributed by atoms with van der Waals surface area (Å²) in [4.78, 5) is 18.5. The lowest BCUT2D eigenvalue weighted by molar-refractivity contribution is -0.116. The first-order valence-electron chi connectivity index (χ1n) is 6.41. The van der Waals surface area contributed by atoms with Gasteiger partial charge in [-0.05, 0) is 18.6 Å². The predicted octanol–water partition coefficient (Wildman–Crippen LogP) is 1.41. The van der Waals surface area contributed by atoms with Crippen LogP contribution in [0.3, 0.4) is 0 Å². The molecule has 3 rings (SSSR count). The van der Waals surface area contributed by atoms with Gasteiger partial charge in [0.25, 0.3) is 0 Å². The molecule has 7 nitrogen and oxygen atoms in total. The molecule has 0 atom stereocenters. The van der Waals surface area contributed by atoms with Crippen molar-refractivity contribution in [1.29, 1.82) is 0 Å². The molecule has 3 aromatic heterocycles. The van der Waals surface area contributed by atoms with E-state index in [0.717, 1.165) is 11.5 Å².